The van der Waals surface area contributed by atoms with E-state index >= 15 is 0 Å². The second-order valence-corrected chi connectivity index (χ2v) is 4.35. The molecule has 1 aromatic carbocycles. The van der Waals surface area contributed by atoms with E-state index in [0.717, 1.165) is 5.56 Å². The lowest BCUT2D eigenvalue weighted by Crippen LogP contribution is -2.15. The summed E-state index contributed by atoms with van der Waals surface area (Å²) in [5.41, 5.74) is 2.04. The fourth-order valence-corrected chi connectivity index (χ4v) is 1.70. The van der Waals surface area contributed by atoms with E-state index in [2.05, 4.69) is 27.1 Å². The van der Waals surface area contributed by atoms with Crippen LogP contribution in [0, 0.1) is 18.8 Å². The first kappa shape index (κ1) is 14.7. The Balaban J connectivity index is 2.27. The third kappa shape index (κ3) is 4.13. The minimum Gasteiger partial charge on any atom is -0.395 e. The number of nitrogens with one attached hydrogen (secondary N) is 1. The molecule has 0 unspecified atom stereocenters. The first-order chi connectivity index (χ1) is 10.2. The average Bonchev–Trinajstić information content (AvgIpc) is 2.50. The summed E-state index contributed by atoms with van der Waals surface area (Å²) in [7, 11) is 0. The van der Waals surface area contributed by atoms with E-state index < -0.39 is 0 Å². The van der Waals surface area contributed by atoms with Gasteiger partial charge < -0.3 is 5.11 Å². The minimum atomic E-state index is -0.307. The summed E-state index contributed by atoms with van der Waals surface area (Å²) < 4.78 is 0. The van der Waals surface area contributed by atoms with Crippen LogP contribution >= 0.6 is 0 Å². The number of rotatable bonds is 3. The summed E-state index contributed by atoms with van der Waals surface area (Å²) in [5.74, 6) is 5.66. The second-order valence-electron chi connectivity index (χ2n) is 4.35. The van der Waals surface area contributed by atoms with E-state index in [0.29, 0.717) is 17.5 Å². The fraction of sp³-hybridized carbons (Fsp3) is 0.188. The van der Waals surface area contributed by atoms with E-state index in [1.807, 2.05) is 13.0 Å². The number of carbonyl (C=O) groups is 1. The normalized spacial score (nSPS) is 9.62. The Kier molecular flexibility index (Phi) is 5.02. The maximum Gasteiger partial charge on any atom is 0.259 e. The molecule has 1 aromatic heterocycles. The summed E-state index contributed by atoms with van der Waals surface area (Å²) in [6.07, 6.45) is 3.48. The first-order valence-corrected chi connectivity index (χ1v) is 6.49. The topological polar surface area (TPSA) is 75.1 Å². The van der Waals surface area contributed by atoms with Crippen LogP contribution in [0.25, 0.3) is 0 Å². The maximum atomic E-state index is 12.3. The molecule has 106 valence electrons. The van der Waals surface area contributed by atoms with Crippen LogP contribution in [0.15, 0.2) is 36.7 Å². The van der Waals surface area contributed by atoms with Crippen molar-refractivity contribution in [3.63, 3.8) is 0 Å². The highest BCUT2D eigenvalue weighted by atomic mass is 16.2. The van der Waals surface area contributed by atoms with Gasteiger partial charge in [0.1, 0.15) is 0 Å². The van der Waals surface area contributed by atoms with E-state index in [1.165, 1.54) is 0 Å². The van der Waals surface area contributed by atoms with Crippen molar-refractivity contribution in [2.75, 3.05) is 11.9 Å². The van der Waals surface area contributed by atoms with Crippen LogP contribution in [-0.4, -0.2) is 27.6 Å². The molecule has 0 saturated heterocycles. The Labute approximate surface area is 123 Å². The largest absolute Gasteiger partial charge is 0.395 e. The zero-order valence-electron chi connectivity index (χ0n) is 11.6. The molecule has 0 atom stereocenters. The standard InChI is InChI=1S/C16H15N3O2/c1-12-6-7-13(5-2-3-10-20)14(11-12)15(21)19-16-17-8-4-9-18-16/h4,6-9,11,20H,3,10H2,1H3,(H,17,18,19,21). The van der Waals surface area contributed by atoms with Crippen molar-refractivity contribution in [2.24, 2.45) is 0 Å². The van der Waals surface area contributed by atoms with Crippen LogP contribution in [0.5, 0.6) is 0 Å². The molecule has 1 amide bonds. The molecule has 5 nitrogen and oxygen atoms in total. The van der Waals surface area contributed by atoms with Gasteiger partial charge in [-0.25, -0.2) is 9.97 Å². The molecule has 0 aliphatic carbocycles. The molecule has 1 heterocycles. The molecule has 0 bridgehead atoms. The Bertz CT molecular complexity index is 688. The van der Waals surface area contributed by atoms with Gasteiger partial charge in [-0.1, -0.05) is 23.5 Å². The second kappa shape index (κ2) is 7.17. The van der Waals surface area contributed by atoms with E-state index in [4.69, 9.17) is 5.11 Å². The van der Waals surface area contributed by atoms with Crippen LogP contribution in [0.1, 0.15) is 27.9 Å². The fourth-order valence-electron chi connectivity index (χ4n) is 1.70. The average molecular weight is 281 g/mol. The van der Waals surface area contributed by atoms with Crippen molar-refractivity contribution in [3.8, 4) is 11.8 Å². The van der Waals surface area contributed by atoms with E-state index in [-0.39, 0.29) is 18.5 Å². The predicted molar refractivity (Wildman–Crippen MR) is 79.7 cm³/mol. The third-order valence-electron chi connectivity index (χ3n) is 2.67. The van der Waals surface area contributed by atoms with Crippen LogP contribution in [0.3, 0.4) is 0 Å². The van der Waals surface area contributed by atoms with Gasteiger partial charge in [0, 0.05) is 24.4 Å². The summed E-state index contributed by atoms with van der Waals surface area (Å²) in [6.45, 7) is 1.90. The van der Waals surface area contributed by atoms with Gasteiger partial charge in [0.05, 0.1) is 12.2 Å². The van der Waals surface area contributed by atoms with Crippen molar-refractivity contribution >= 4 is 11.9 Å². The Morgan fingerprint density at radius 3 is 2.81 bits per heavy atom. The quantitative estimate of drug-likeness (QED) is 0.841. The zero-order valence-corrected chi connectivity index (χ0v) is 11.6. The van der Waals surface area contributed by atoms with Crippen molar-refractivity contribution in [1.82, 2.24) is 9.97 Å². The smallest absolute Gasteiger partial charge is 0.259 e. The van der Waals surface area contributed by atoms with Crippen LogP contribution in [-0.2, 0) is 0 Å². The zero-order chi connectivity index (χ0) is 15.1. The summed E-state index contributed by atoms with van der Waals surface area (Å²) in [5, 5.41) is 11.4. The maximum absolute atomic E-state index is 12.3. The molecule has 21 heavy (non-hydrogen) atoms. The SMILES string of the molecule is Cc1ccc(C#CCCO)c(C(=O)Nc2ncccn2)c1. The third-order valence-corrected chi connectivity index (χ3v) is 2.67. The van der Waals surface area contributed by atoms with Crippen LogP contribution in [0.4, 0.5) is 5.95 Å². The molecule has 5 heteroatoms. The van der Waals surface area contributed by atoms with Crippen molar-refractivity contribution in [2.45, 2.75) is 13.3 Å². The Hall–Kier alpha value is -2.71. The lowest BCUT2D eigenvalue weighted by atomic mass is 10.0. The number of anilines is 1. The molecule has 2 aromatic rings. The molecular weight excluding hydrogens is 266 g/mol. The number of amides is 1. The molecule has 0 aliphatic heterocycles. The number of aliphatic hydroxyl groups is 1. The number of hydrogen-bond acceptors (Lipinski definition) is 4. The number of nitrogens with zero attached hydrogens (tertiary/aromatic N) is 2. The number of aryl methyl sites for hydroxylation is 1. The van der Waals surface area contributed by atoms with Gasteiger partial charge in [0.25, 0.3) is 5.91 Å². The molecule has 0 fully saturated rings. The molecule has 0 saturated carbocycles. The Morgan fingerprint density at radius 2 is 2.10 bits per heavy atom. The van der Waals surface area contributed by atoms with E-state index in [1.54, 1.807) is 30.6 Å². The summed E-state index contributed by atoms with van der Waals surface area (Å²) in [6, 6.07) is 7.12. The van der Waals surface area contributed by atoms with Crippen molar-refractivity contribution in [1.29, 1.82) is 0 Å². The molecule has 0 spiro atoms. The van der Waals surface area contributed by atoms with Gasteiger partial charge in [-0.05, 0) is 25.1 Å². The molecule has 2 N–H and O–H groups in total. The van der Waals surface area contributed by atoms with Gasteiger partial charge in [-0.15, -0.1) is 0 Å². The highest BCUT2D eigenvalue weighted by Gasteiger charge is 2.11. The van der Waals surface area contributed by atoms with Gasteiger partial charge >= 0.3 is 0 Å². The number of benzene rings is 1. The molecule has 0 aliphatic rings. The highest BCUT2D eigenvalue weighted by molar-refractivity contribution is 6.05. The van der Waals surface area contributed by atoms with Crippen LogP contribution in [0.2, 0.25) is 0 Å². The molecule has 2 rings (SSSR count). The molecule has 0 radical (unpaired) electrons. The number of hydrogen-bond donors (Lipinski definition) is 2. The lowest BCUT2D eigenvalue weighted by Gasteiger charge is -2.06. The van der Waals surface area contributed by atoms with Crippen molar-refractivity contribution in [3.05, 3.63) is 53.3 Å². The van der Waals surface area contributed by atoms with Gasteiger partial charge in [-0.3, -0.25) is 10.1 Å². The Morgan fingerprint density at radius 1 is 1.33 bits per heavy atom. The molecular formula is C16H15N3O2. The van der Waals surface area contributed by atoms with Crippen LogP contribution < -0.4 is 5.32 Å². The minimum absolute atomic E-state index is 0.00174. The van der Waals surface area contributed by atoms with Gasteiger partial charge in [0.2, 0.25) is 5.95 Å². The predicted octanol–water partition coefficient (Wildman–Crippen LogP) is 1.77. The summed E-state index contributed by atoms with van der Waals surface area (Å²) >= 11 is 0. The van der Waals surface area contributed by atoms with Gasteiger partial charge in [-0.2, -0.15) is 0 Å². The first-order valence-electron chi connectivity index (χ1n) is 6.49. The number of aliphatic hydroxyl groups excluding tert-OH is 1. The highest BCUT2D eigenvalue weighted by Crippen LogP contribution is 2.12. The monoisotopic (exact) mass is 281 g/mol. The lowest BCUT2D eigenvalue weighted by molar-refractivity contribution is 0.102. The van der Waals surface area contributed by atoms with E-state index in [9.17, 15) is 4.79 Å². The summed E-state index contributed by atoms with van der Waals surface area (Å²) in [4.78, 5) is 20.2. The number of aromatic nitrogens is 2. The number of carbonyl (C=O) groups excluding carboxylic acids is 1. The van der Waals surface area contributed by atoms with Gasteiger partial charge in [0.15, 0.2) is 0 Å². The van der Waals surface area contributed by atoms with Crippen molar-refractivity contribution < 1.29 is 9.90 Å².